The molecule has 19 heavy (non-hydrogen) atoms. The molecule has 6 heteroatoms. The van der Waals surface area contributed by atoms with Crippen molar-refractivity contribution in [2.45, 2.75) is 23.8 Å². The summed E-state index contributed by atoms with van der Waals surface area (Å²) >= 11 is 3.34. The Balaban J connectivity index is 1.87. The van der Waals surface area contributed by atoms with Crippen LogP contribution in [0.4, 0.5) is 0 Å². The van der Waals surface area contributed by atoms with Gasteiger partial charge in [0.2, 0.25) is 10.0 Å². The predicted molar refractivity (Wildman–Crippen MR) is 77.5 cm³/mol. The van der Waals surface area contributed by atoms with Crippen LogP contribution < -0.4 is 0 Å². The second kappa shape index (κ2) is 5.16. The molecule has 0 spiro atoms. The van der Waals surface area contributed by atoms with Gasteiger partial charge in [-0.2, -0.15) is 4.31 Å². The summed E-state index contributed by atoms with van der Waals surface area (Å²) in [6.07, 6.45) is 2.30. The average Bonchev–Trinajstić information content (AvgIpc) is 2.86. The summed E-state index contributed by atoms with van der Waals surface area (Å²) in [5.74, 6) is 0. The molecular formula is C13H17BrN2O2S. The first-order chi connectivity index (χ1) is 9.09. The SMILES string of the molecule is O=S(=O)(c1ccccc1Br)N1CCN2CCCC2C1. The molecule has 104 valence electrons. The third-order valence-electron chi connectivity index (χ3n) is 4.00. The third-order valence-corrected chi connectivity index (χ3v) is 6.88. The Morgan fingerprint density at radius 3 is 2.74 bits per heavy atom. The summed E-state index contributed by atoms with van der Waals surface area (Å²) in [5.41, 5.74) is 0. The fourth-order valence-corrected chi connectivity index (χ4v) is 5.41. The van der Waals surface area contributed by atoms with Crippen LogP contribution in [0.2, 0.25) is 0 Å². The molecule has 3 rings (SSSR count). The molecular weight excluding hydrogens is 328 g/mol. The van der Waals surface area contributed by atoms with Crippen LogP contribution in [0.25, 0.3) is 0 Å². The maximum Gasteiger partial charge on any atom is 0.244 e. The molecule has 2 fully saturated rings. The van der Waals surface area contributed by atoms with Gasteiger partial charge in [-0.1, -0.05) is 12.1 Å². The lowest BCUT2D eigenvalue weighted by molar-refractivity contribution is 0.158. The minimum atomic E-state index is -3.37. The number of rotatable bonds is 2. The highest BCUT2D eigenvalue weighted by atomic mass is 79.9. The molecule has 1 aromatic carbocycles. The van der Waals surface area contributed by atoms with Gasteiger partial charge in [0.15, 0.2) is 0 Å². The Morgan fingerprint density at radius 2 is 1.95 bits per heavy atom. The van der Waals surface area contributed by atoms with Crippen molar-refractivity contribution in [2.75, 3.05) is 26.2 Å². The number of hydrogen-bond acceptors (Lipinski definition) is 3. The maximum atomic E-state index is 12.7. The molecule has 2 saturated heterocycles. The Kier molecular flexibility index (Phi) is 3.68. The summed E-state index contributed by atoms with van der Waals surface area (Å²) in [5, 5.41) is 0. The zero-order chi connectivity index (χ0) is 13.5. The molecule has 0 bridgehead atoms. The van der Waals surface area contributed by atoms with Gasteiger partial charge in [0.05, 0.1) is 4.90 Å². The van der Waals surface area contributed by atoms with Crippen LogP contribution in [0, 0.1) is 0 Å². The lowest BCUT2D eigenvalue weighted by Crippen LogP contribution is -2.51. The van der Waals surface area contributed by atoms with Crippen LogP contribution in [-0.2, 0) is 10.0 Å². The fraction of sp³-hybridized carbons (Fsp3) is 0.538. The Morgan fingerprint density at radius 1 is 1.16 bits per heavy atom. The average molecular weight is 345 g/mol. The monoisotopic (exact) mass is 344 g/mol. The molecule has 2 aliphatic rings. The number of benzene rings is 1. The lowest BCUT2D eigenvalue weighted by Gasteiger charge is -2.36. The van der Waals surface area contributed by atoms with Crippen LogP contribution in [0.3, 0.4) is 0 Å². The summed E-state index contributed by atoms with van der Waals surface area (Å²) in [7, 11) is -3.37. The third kappa shape index (κ3) is 2.46. The molecule has 0 aromatic heterocycles. The number of hydrogen-bond donors (Lipinski definition) is 0. The lowest BCUT2D eigenvalue weighted by atomic mass is 10.2. The van der Waals surface area contributed by atoms with Gasteiger partial charge in [-0.15, -0.1) is 0 Å². The first-order valence-electron chi connectivity index (χ1n) is 6.58. The van der Waals surface area contributed by atoms with Crippen molar-refractivity contribution in [3.63, 3.8) is 0 Å². The van der Waals surface area contributed by atoms with Crippen LogP contribution in [-0.4, -0.2) is 49.8 Å². The van der Waals surface area contributed by atoms with E-state index in [0.29, 0.717) is 28.5 Å². The smallest absolute Gasteiger partial charge is 0.244 e. The minimum absolute atomic E-state index is 0.376. The van der Waals surface area contributed by atoms with E-state index >= 15 is 0 Å². The van der Waals surface area contributed by atoms with E-state index in [-0.39, 0.29) is 0 Å². The van der Waals surface area contributed by atoms with Gasteiger partial charge >= 0.3 is 0 Å². The van der Waals surface area contributed by atoms with Gasteiger partial charge in [-0.25, -0.2) is 8.42 Å². The first-order valence-corrected chi connectivity index (χ1v) is 8.81. The zero-order valence-electron chi connectivity index (χ0n) is 10.6. The van der Waals surface area contributed by atoms with Crippen molar-refractivity contribution in [3.8, 4) is 0 Å². The van der Waals surface area contributed by atoms with E-state index < -0.39 is 10.0 Å². The van der Waals surface area contributed by atoms with E-state index in [1.165, 1.54) is 6.42 Å². The largest absolute Gasteiger partial charge is 0.298 e. The topological polar surface area (TPSA) is 40.6 Å². The van der Waals surface area contributed by atoms with Crippen molar-refractivity contribution in [1.82, 2.24) is 9.21 Å². The second-order valence-electron chi connectivity index (χ2n) is 5.13. The summed E-state index contributed by atoms with van der Waals surface area (Å²) in [6, 6.07) is 7.45. The summed E-state index contributed by atoms with van der Waals surface area (Å²) in [4.78, 5) is 2.79. The van der Waals surface area contributed by atoms with E-state index in [1.807, 2.05) is 6.07 Å². The van der Waals surface area contributed by atoms with Gasteiger partial charge in [0, 0.05) is 30.1 Å². The van der Waals surface area contributed by atoms with Crippen molar-refractivity contribution < 1.29 is 8.42 Å². The molecule has 2 aliphatic heterocycles. The van der Waals surface area contributed by atoms with E-state index in [4.69, 9.17) is 0 Å². The van der Waals surface area contributed by atoms with Crippen LogP contribution in [0.5, 0.6) is 0 Å². The summed E-state index contributed by atoms with van der Waals surface area (Å²) in [6.45, 7) is 3.20. The van der Waals surface area contributed by atoms with Gasteiger partial charge in [-0.3, -0.25) is 4.90 Å². The molecule has 1 atom stereocenters. The number of piperazine rings is 1. The van der Waals surface area contributed by atoms with Crippen LogP contribution in [0.1, 0.15) is 12.8 Å². The molecule has 4 nitrogen and oxygen atoms in total. The number of sulfonamides is 1. The molecule has 0 N–H and O–H groups in total. The minimum Gasteiger partial charge on any atom is -0.298 e. The van der Waals surface area contributed by atoms with E-state index in [1.54, 1.807) is 22.5 Å². The molecule has 2 heterocycles. The molecule has 0 aliphatic carbocycles. The van der Waals surface area contributed by atoms with Crippen molar-refractivity contribution >= 4 is 26.0 Å². The van der Waals surface area contributed by atoms with Gasteiger partial charge in [0.1, 0.15) is 0 Å². The quantitative estimate of drug-likeness (QED) is 0.822. The Hall–Kier alpha value is -0.430. The number of nitrogens with zero attached hydrogens (tertiary/aromatic N) is 2. The Bertz CT molecular complexity index is 576. The Labute approximate surface area is 122 Å². The predicted octanol–water partition coefficient (Wildman–Crippen LogP) is 1.92. The van der Waals surface area contributed by atoms with Crippen molar-refractivity contribution in [2.24, 2.45) is 0 Å². The highest BCUT2D eigenvalue weighted by Crippen LogP contribution is 2.28. The van der Waals surface area contributed by atoms with E-state index in [0.717, 1.165) is 19.5 Å². The highest BCUT2D eigenvalue weighted by molar-refractivity contribution is 9.10. The fourth-order valence-electron chi connectivity index (χ4n) is 2.97. The van der Waals surface area contributed by atoms with Crippen molar-refractivity contribution in [1.29, 1.82) is 0 Å². The van der Waals surface area contributed by atoms with E-state index in [9.17, 15) is 8.42 Å². The van der Waals surface area contributed by atoms with E-state index in [2.05, 4.69) is 20.8 Å². The van der Waals surface area contributed by atoms with Gasteiger partial charge in [0.25, 0.3) is 0 Å². The van der Waals surface area contributed by atoms with Gasteiger partial charge in [-0.05, 0) is 47.4 Å². The van der Waals surface area contributed by atoms with Crippen LogP contribution >= 0.6 is 15.9 Å². The van der Waals surface area contributed by atoms with Crippen molar-refractivity contribution in [3.05, 3.63) is 28.7 Å². The molecule has 0 saturated carbocycles. The van der Waals surface area contributed by atoms with Gasteiger partial charge < -0.3 is 0 Å². The normalized spacial score (nSPS) is 25.4. The molecule has 0 radical (unpaired) electrons. The number of fused-ring (bicyclic) bond motifs is 1. The second-order valence-corrected chi connectivity index (χ2v) is 7.89. The highest BCUT2D eigenvalue weighted by Gasteiger charge is 2.36. The summed E-state index contributed by atoms with van der Waals surface area (Å²) < 4.78 is 27.6. The van der Waals surface area contributed by atoms with Crippen LogP contribution in [0.15, 0.2) is 33.6 Å². The maximum absolute atomic E-state index is 12.7. The number of halogens is 1. The molecule has 1 aromatic rings. The molecule has 1 unspecified atom stereocenters. The standard InChI is InChI=1S/C13H17BrN2O2S/c14-12-5-1-2-6-13(12)19(17,18)16-9-8-15-7-3-4-11(15)10-16/h1-2,5-6,11H,3-4,7-10H2. The zero-order valence-corrected chi connectivity index (χ0v) is 13.0. The molecule has 0 amide bonds. The first kappa shape index (κ1) is 13.5.